The highest BCUT2D eigenvalue weighted by Crippen LogP contribution is 2.26. The van der Waals surface area contributed by atoms with Gasteiger partial charge in [0.2, 0.25) is 0 Å². The summed E-state index contributed by atoms with van der Waals surface area (Å²) < 4.78 is 6.40. The summed E-state index contributed by atoms with van der Waals surface area (Å²) in [6, 6.07) is 2.03. The quantitative estimate of drug-likeness (QED) is 0.800. The van der Waals surface area contributed by atoms with Gasteiger partial charge in [0, 0.05) is 36.4 Å². The van der Waals surface area contributed by atoms with Crippen LogP contribution in [-0.2, 0) is 10.6 Å². The highest BCUT2D eigenvalue weighted by atomic mass is 79.9. The van der Waals surface area contributed by atoms with Gasteiger partial charge >= 0.3 is 0 Å². The minimum atomic E-state index is 0.303. The van der Waals surface area contributed by atoms with E-state index in [1.54, 1.807) is 7.11 Å². The molecular weight excluding hydrogens is 304 g/mol. The van der Waals surface area contributed by atoms with Crippen LogP contribution in [0.4, 0.5) is 5.82 Å². The standard InChI is InChI=1S/C12H16BrClN2O/c1-17-11-3-2-4-16(8-11)12-9(6-14)5-10(13)7-15-12/h5,7,11H,2-4,6,8H2,1H3. The van der Waals surface area contributed by atoms with Crippen molar-refractivity contribution in [3.05, 3.63) is 22.3 Å². The zero-order valence-corrected chi connectivity index (χ0v) is 12.2. The molecule has 1 aromatic rings. The van der Waals surface area contributed by atoms with Gasteiger partial charge in [0.1, 0.15) is 5.82 Å². The first kappa shape index (κ1) is 13.1. The van der Waals surface area contributed by atoms with Crippen LogP contribution in [0.2, 0.25) is 0 Å². The van der Waals surface area contributed by atoms with Gasteiger partial charge in [0.15, 0.2) is 0 Å². The molecule has 5 heteroatoms. The van der Waals surface area contributed by atoms with Gasteiger partial charge in [-0.15, -0.1) is 11.6 Å². The molecule has 0 bridgehead atoms. The number of hydrogen-bond donors (Lipinski definition) is 0. The molecule has 2 rings (SSSR count). The second-order valence-corrected chi connectivity index (χ2v) is 5.40. The van der Waals surface area contributed by atoms with Crippen molar-refractivity contribution in [2.24, 2.45) is 0 Å². The summed E-state index contributed by atoms with van der Waals surface area (Å²) in [6.07, 6.45) is 4.39. The largest absolute Gasteiger partial charge is 0.380 e. The number of methoxy groups -OCH3 is 1. The van der Waals surface area contributed by atoms with Crippen molar-refractivity contribution in [3.8, 4) is 0 Å². The Morgan fingerprint density at radius 3 is 3.18 bits per heavy atom. The van der Waals surface area contributed by atoms with E-state index in [9.17, 15) is 0 Å². The summed E-state index contributed by atoms with van der Waals surface area (Å²) in [6.45, 7) is 1.92. The average Bonchev–Trinajstić information content (AvgIpc) is 2.38. The highest BCUT2D eigenvalue weighted by molar-refractivity contribution is 9.10. The van der Waals surface area contributed by atoms with Crippen molar-refractivity contribution in [3.63, 3.8) is 0 Å². The Balaban J connectivity index is 2.20. The molecule has 0 amide bonds. The molecule has 0 spiro atoms. The Bertz CT molecular complexity index is 389. The molecule has 0 N–H and O–H groups in total. The van der Waals surface area contributed by atoms with Crippen LogP contribution in [0.15, 0.2) is 16.7 Å². The van der Waals surface area contributed by atoms with Gasteiger partial charge in [-0.3, -0.25) is 0 Å². The molecule has 2 heterocycles. The van der Waals surface area contributed by atoms with Crippen LogP contribution in [0.1, 0.15) is 18.4 Å². The maximum atomic E-state index is 5.97. The van der Waals surface area contributed by atoms with Crippen LogP contribution < -0.4 is 4.90 Å². The van der Waals surface area contributed by atoms with Crippen molar-refractivity contribution >= 4 is 33.3 Å². The molecule has 94 valence electrons. The van der Waals surface area contributed by atoms with Crippen molar-refractivity contribution in [1.29, 1.82) is 0 Å². The number of piperidine rings is 1. The third-order valence-corrected chi connectivity index (χ3v) is 3.79. The maximum Gasteiger partial charge on any atom is 0.133 e. The van der Waals surface area contributed by atoms with E-state index in [1.165, 1.54) is 0 Å². The van der Waals surface area contributed by atoms with E-state index in [4.69, 9.17) is 16.3 Å². The molecule has 1 unspecified atom stereocenters. The number of pyridine rings is 1. The zero-order valence-electron chi connectivity index (χ0n) is 9.83. The molecule has 1 aromatic heterocycles. The van der Waals surface area contributed by atoms with E-state index in [2.05, 4.69) is 25.8 Å². The first-order valence-electron chi connectivity index (χ1n) is 5.72. The Morgan fingerprint density at radius 1 is 1.65 bits per heavy atom. The van der Waals surface area contributed by atoms with Crippen LogP contribution in [0.3, 0.4) is 0 Å². The summed E-state index contributed by atoms with van der Waals surface area (Å²) in [4.78, 5) is 6.75. The lowest BCUT2D eigenvalue weighted by Crippen LogP contribution is -2.40. The zero-order chi connectivity index (χ0) is 12.3. The van der Waals surface area contributed by atoms with Gasteiger partial charge in [0.25, 0.3) is 0 Å². The molecule has 0 aliphatic carbocycles. The van der Waals surface area contributed by atoms with E-state index in [0.29, 0.717) is 12.0 Å². The summed E-state index contributed by atoms with van der Waals surface area (Å²) >= 11 is 9.40. The van der Waals surface area contributed by atoms with Gasteiger partial charge in [-0.05, 0) is 34.8 Å². The molecule has 1 aliphatic rings. The molecule has 0 aromatic carbocycles. The number of ether oxygens (including phenoxy) is 1. The summed E-state index contributed by atoms with van der Waals surface area (Å²) in [5, 5.41) is 0. The van der Waals surface area contributed by atoms with Crippen molar-refractivity contribution in [2.75, 3.05) is 25.1 Å². The molecular formula is C12H16BrClN2O. The van der Waals surface area contributed by atoms with Gasteiger partial charge in [-0.25, -0.2) is 4.98 Å². The number of nitrogens with zero attached hydrogens (tertiary/aromatic N) is 2. The van der Waals surface area contributed by atoms with E-state index in [0.717, 1.165) is 41.8 Å². The molecule has 1 saturated heterocycles. The topological polar surface area (TPSA) is 25.4 Å². The molecule has 0 saturated carbocycles. The molecule has 1 fully saturated rings. The van der Waals surface area contributed by atoms with E-state index >= 15 is 0 Å². The van der Waals surface area contributed by atoms with E-state index < -0.39 is 0 Å². The van der Waals surface area contributed by atoms with E-state index in [-0.39, 0.29) is 0 Å². The Labute approximate surface area is 115 Å². The van der Waals surface area contributed by atoms with Crippen LogP contribution in [-0.4, -0.2) is 31.3 Å². The van der Waals surface area contributed by atoms with Crippen molar-refractivity contribution in [2.45, 2.75) is 24.8 Å². The molecule has 1 aliphatic heterocycles. The Morgan fingerprint density at radius 2 is 2.47 bits per heavy atom. The minimum Gasteiger partial charge on any atom is -0.380 e. The number of rotatable bonds is 3. The third-order valence-electron chi connectivity index (χ3n) is 3.06. The highest BCUT2D eigenvalue weighted by Gasteiger charge is 2.22. The number of anilines is 1. The normalized spacial score (nSPS) is 20.6. The molecule has 3 nitrogen and oxygen atoms in total. The lowest BCUT2D eigenvalue weighted by molar-refractivity contribution is 0.0891. The lowest BCUT2D eigenvalue weighted by atomic mass is 10.1. The second kappa shape index (κ2) is 6.03. The molecule has 0 radical (unpaired) electrons. The Hall–Kier alpha value is -0.320. The number of aromatic nitrogens is 1. The number of alkyl halides is 1. The number of hydrogen-bond acceptors (Lipinski definition) is 3. The maximum absolute atomic E-state index is 5.97. The lowest BCUT2D eigenvalue weighted by Gasteiger charge is -2.33. The molecule has 17 heavy (non-hydrogen) atoms. The molecule has 1 atom stereocenters. The van der Waals surface area contributed by atoms with Crippen LogP contribution in [0.5, 0.6) is 0 Å². The van der Waals surface area contributed by atoms with E-state index in [1.807, 2.05) is 12.3 Å². The van der Waals surface area contributed by atoms with Crippen molar-refractivity contribution in [1.82, 2.24) is 4.98 Å². The fourth-order valence-electron chi connectivity index (χ4n) is 2.18. The minimum absolute atomic E-state index is 0.303. The summed E-state index contributed by atoms with van der Waals surface area (Å²) in [5.41, 5.74) is 1.07. The summed E-state index contributed by atoms with van der Waals surface area (Å²) in [7, 11) is 1.77. The SMILES string of the molecule is COC1CCCN(c2ncc(Br)cc2CCl)C1. The van der Waals surface area contributed by atoms with Gasteiger partial charge in [-0.1, -0.05) is 0 Å². The third kappa shape index (κ3) is 3.12. The van der Waals surface area contributed by atoms with Crippen molar-refractivity contribution < 1.29 is 4.74 Å². The first-order valence-corrected chi connectivity index (χ1v) is 7.05. The number of halogens is 2. The van der Waals surface area contributed by atoms with Gasteiger partial charge in [0.05, 0.1) is 12.0 Å². The second-order valence-electron chi connectivity index (χ2n) is 4.22. The predicted octanol–water partition coefficient (Wildman–Crippen LogP) is 3.20. The van der Waals surface area contributed by atoms with Crippen LogP contribution >= 0.6 is 27.5 Å². The fourth-order valence-corrected chi connectivity index (χ4v) is 2.76. The fraction of sp³-hybridized carbons (Fsp3) is 0.583. The van der Waals surface area contributed by atoms with Crippen LogP contribution in [0.25, 0.3) is 0 Å². The smallest absolute Gasteiger partial charge is 0.133 e. The van der Waals surface area contributed by atoms with Crippen LogP contribution in [0, 0.1) is 0 Å². The summed E-state index contributed by atoms with van der Waals surface area (Å²) in [5.74, 6) is 1.47. The predicted molar refractivity (Wildman–Crippen MR) is 73.7 cm³/mol. The first-order chi connectivity index (χ1) is 8.24. The van der Waals surface area contributed by atoms with Gasteiger partial charge in [-0.2, -0.15) is 0 Å². The van der Waals surface area contributed by atoms with Gasteiger partial charge < -0.3 is 9.64 Å². The Kier molecular flexibility index (Phi) is 4.65. The monoisotopic (exact) mass is 318 g/mol. The average molecular weight is 320 g/mol.